The summed E-state index contributed by atoms with van der Waals surface area (Å²) in [6.07, 6.45) is 2.09. The maximum atomic E-state index is 11.9. The van der Waals surface area contributed by atoms with E-state index in [9.17, 15) is 9.59 Å². The number of likely N-dealkylation sites (tertiary alicyclic amines) is 1. The molecule has 0 aliphatic carbocycles. The molecular weight excluding hydrogens is 236 g/mol. The first kappa shape index (κ1) is 14.8. The Kier molecular flexibility index (Phi) is 5.91. The number of methoxy groups -OCH3 is 1. The lowest BCUT2D eigenvalue weighted by Crippen LogP contribution is -2.47. The first-order valence-electron chi connectivity index (χ1n) is 6.35. The number of carboxylic acid groups (broad SMARTS) is 1. The van der Waals surface area contributed by atoms with Crippen LogP contribution < -0.4 is 5.32 Å². The molecule has 1 heterocycles. The van der Waals surface area contributed by atoms with Crippen LogP contribution in [0.5, 0.6) is 0 Å². The van der Waals surface area contributed by atoms with Crippen molar-refractivity contribution in [3.05, 3.63) is 0 Å². The lowest BCUT2D eigenvalue weighted by Gasteiger charge is -2.20. The number of carbonyl (C=O) groups is 2. The van der Waals surface area contributed by atoms with E-state index in [0.717, 1.165) is 12.8 Å². The quantitative estimate of drug-likeness (QED) is 0.742. The van der Waals surface area contributed by atoms with Gasteiger partial charge in [0.1, 0.15) is 6.04 Å². The molecule has 1 saturated heterocycles. The number of nitrogens with zero attached hydrogens (tertiary/aromatic N) is 1. The Labute approximate surface area is 107 Å². The van der Waals surface area contributed by atoms with Crippen LogP contribution in [-0.4, -0.2) is 54.9 Å². The minimum Gasteiger partial charge on any atom is -0.480 e. The molecular formula is C12H22N2O4. The summed E-state index contributed by atoms with van der Waals surface area (Å²) in [5.41, 5.74) is 0. The minimum atomic E-state index is -0.974. The van der Waals surface area contributed by atoms with Gasteiger partial charge in [0.15, 0.2) is 0 Å². The molecule has 1 aliphatic heterocycles. The summed E-state index contributed by atoms with van der Waals surface area (Å²) in [5, 5.41) is 11.5. The van der Waals surface area contributed by atoms with Gasteiger partial charge in [-0.15, -0.1) is 0 Å². The molecule has 0 aromatic carbocycles. The smallest absolute Gasteiger partial charge is 0.326 e. The van der Waals surface area contributed by atoms with Crippen LogP contribution in [0.1, 0.15) is 26.2 Å². The maximum Gasteiger partial charge on any atom is 0.326 e. The predicted octanol–water partition coefficient (Wildman–Crippen LogP) is 0.918. The molecule has 0 bridgehead atoms. The van der Waals surface area contributed by atoms with Gasteiger partial charge in [-0.1, -0.05) is 13.3 Å². The summed E-state index contributed by atoms with van der Waals surface area (Å²) in [6, 6.07) is -1.07. The second-order valence-corrected chi connectivity index (χ2v) is 4.69. The number of nitrogens with one attached hydrogen (secondary N) is 1. The van der Waals surface area contributed by atoms with Crippen LogP contribution in [0.25, 0.3) is 0 Å². The number of amides is 2. The molecule has 6 nitrogen and oxygen atoms in total. The normalized spacial score (nSPS) is 20.8. The summed E-state index contributed by atoms with van der Waals surface area (Å²) < 4.78 is 5.06. The van der Waals surface area contributed by atoms with Gasteiger partial charge in [0.05, 0.1) is 6.61 Å². The van der Waals surface area contributed by atoms with Crippen molar-refractivity contribution in [1.82, 2.24) is 10.2 Å². The molecule has 0 aromatic heterocycles. The molecule has 0 spiro atoms. The van der Waals surface area contributed by atoms with Gasteiger partial charge in [0.25, 0.3) is 0 Å². The van der Waals surface area contributed by atoms with E-state index in [1.165, 1.54) is 0 Å². The molecule has 1 fully saturated rings. The molecule has 2 amide bonds. The molecule has 1 rings (SSSR count). The standard InChI is InChI=1S/C12H22N2O4/c1-3-4-10(11(15)16)13-12(17)14-6-5-9(7-14)8-18-2/h9-10H,3-8H2,1-2H3,(H,13,17)(H,15,16)/t9?,10-/m0/s1. The summed E-state index contributed by atoms with van der Waals surface area (Å²) in [6.45, 7) is 3.84. The molecule has 1 unspecified atom stereocenters. The molecule has 18 heavy (non-hydrogen) atoms. The average molecular weight is 258 g/mol. The summed E-state index contributed by atoms with van der Waals surface area (Å²) >= 11 is 0. The Balaban J connectivity index is 2.42. The second-order valence-electron chi connectivity index (χ2n) is 4.69. The zero-order chi connectivity index (χ0) is 13.5. The van der Waals surface area contributed by atoms with E-state index >= 15 is 0 Å². The molecule has 104 valence electrons. The molecule has 6 heteroatoms. The number of rotatable bonds is 6. The van der Waals surface area contributed by atoms with Gasteiger partial charge in [-0.05, 0) is 12.8 Å². The first-order chi connectivity index (χ1) is 8.58. The van der Waals surface area contributed by atoms with Crippen molar-refractivity contribution in [3.8, 4) is 0 Å². The van der Waals surface area contributed by atoms with Gasteiger partial charge in [-0.25, -0.2) is 9.59 Å². The fourth-order valence-corrected chi connectivity index (χ4v) is 2.18. The number of aliphatic carboxylic acids is 1. The van der Waals surface area contributed by atoms with E-state index in [-0.39, 0.29) is 6.03 Å². The minimum absolute atomic E-state index is 0.283. The molecule has 0 aromatic rings. The van der Waals surface area contributed by atoms with E-state index in [4.69, 9.17) is 9.84 Å². The zero-order valence-corrected chi connectivity index (χ0v) is 11.0. The molecule has 1 aliphatic rings. The van der Waals surface area contributed by atoms with Crippen molar-refractivity contribution in [1.29, 1.82) is 0 Å². The van der Waals surface area contributed by atoms with Crippen LogP contribution in [0.4, 0.5) is 4.79 Å². The van der Waals surface area contributed by atoms with Crippen molar-refractivity contribution in [2.24, 2.45) is 5.92 Å². The number of urea groups is 1. The van der Waals surface area contributed by atoms with Crippen molar-refractivity contribution >= 4 is 12.0 Å². The summed E-state index contributed by atoms with van der Waals surface area (Å²) in [5.74, 6) is -0.618. The van der Waals surface area contributed by atoms with Crippen molar-refractivity contribution in [2.75, 3.05) is 26.8 Å². The Bertz CT molecular complexity index is 296. The van der Waals surface area contributed by atoms with Crippen LogP contribution in [-0.2, 0) is 9.53 Å². The van der Waals surface area contributed by atoms with Gasteiger partial charge in [0, 0.05) is 26.1 Å². The van der Waals surface area contributed by atoms with Gasteiger partial charge in [-0.2, -0.15) is 0 Å². The van der Waals surface area contributed by atoms with Crippen LogP contribution in [0.2, 0.25) is 0 Å². The van der Waals surface area contributed by atoms with Crippen LogP contribution in [0.3, 0.4) is 0 Å². The maximum absolute atomic E-state index is 11.9. The number of hydrogen-bond acceptors (Lipinski definition) is 3. The molecule has 2 atom stereocenters. The highest BCUT2D eigenvalue weighted by Gasteiger charge is 2.28. The highest BCUT2D eigenvalue weighted by atomic mass is 16.5. The van der Waals surface area contributed by atoms with Crippen molar-refractivity contribution < 1.29 is 19.4 Å². The Morgan fingerprint density at radius 1 is 1.56 bits per heavy atom. The molecule has 0 radical (unpaired) electrons. The third-order valence-corrected chi connectivity index (χ3v) is 3.15. The van der Waals surface area contributed by atoms with Crippen LogP contribution in [0.15, 0.2) is 0 Å². The Morgan fingerprint density at radius 3 is 2.83 bits per heavy atom. The van der Waals surface area contributed by atoms with Gasteiger partial charge in [-0.3, -0.25) is 0 Å². The number of ether oxygens (including phenoxy) is 1. The number of hydrogen-bond donors (Lipinski definition) is 2. The Hall–Kier alpha value is -1.30. The highest BCUT2D eigenvalue weighted by molar-refractivity contribution is 5.82. The van der Waals surface area contributed by atoms with Gasteiger partial charge < -0.3 is 20.1 Å². The third kappa shape index (κ3) is 4.18. The lowest BCUT2D eigenvalue weighted by molar-refractivity contribution is -0.139. The SMILES string of the molecule is CCC[C@H](NC(=O)N1CCC(COC)C1)C(=O)O. The summed E-state index contributed by atoms with van der Waals surface area (Å²) in [7, 11) is 1.64. The Morgan fingerprint density at radius 2 is 2.28 bits per heavy atom. The van der Waals surface area contributed by atoms with E-state index in [2.05, 4.69) is 5.32 Å². The fraction of sp³-hybridized carbons (Fsp3) is 0.833. The van der Waals surface area contributed by atoms with Gasteiger partial charge in [0.2, 0.25) is 0 Å². The van der Waals surface area contributed by atoms with Gasteiger partial charge >= 0.3 is 12.0 Å². The lowest BCUT2D eigenvalue weighted by atomic mass is 10.1. The largest absolute Gasteiger partial charge is 0.480 e. The first-order valence-corrected chi connectivity index (χ1v) is 6.35. The van der Waals surface area contributed by atoms with Crippen LogP contribution >= 0.6 is 0 Å². The second kappa shape index (κ2) is 7.20. The summed E-state index contributed by atoms with van der Waals surface area (Å²) in [4.78, 5) is 24.5. The highest BCUT2D eigenvalue weighted by Crippen LogP contribution is 2.16. The number of carboxylic acids is 1. The fourth-order valence-electron chi connectivity index (χ4n) is 2.18. The number of carbonyl (C=O) groups excluding carboxylic acids is 1. The van der Waals surface area contributed by atoms with E-state index < -0.39 is 12.0 Å². The van der Waals surface area contributed by atoms with Crippen LogP contribution in [0, 0.1) is 5.92 Å². The molecule has 0 saturated carbocycles. The average Bonchev–Trinajstić information content (AvgIpc) is 2.77. The van der Waals surface area contributed by atoms with Crippen molar-refractivity contribution in [3.63, 3.8) is 0 Å². The van der Waals surface area contributed by atoms with Crippen molar-refractivity contribution in [2.45, 2.75) is 32.2 Å². The topological polar surface area (TPSA) is 78.9 Å². The monoisotopic (exact) mass is 258 g/mol. The van der Waals surface area contributed by atoms with E-state index in [0.29, 0.717) is 32.0 Å². The zero-order valence-electron chi connectivity index (χ0n) is 11.0. The van der Waals surface area contributed by atoms with E-state index in [1.54, 1.807) is 12.0 Å². The third-order valence-electron chi connectivity index (χ3n) is 3.15. The van der Waals surface area contributed by atoms with E-state index in [1.807, 2.05) is 6.92 Å². The predicted molar refractivity (Wildman–Crippen MR) is 66.4 cm³/mol. The molecule has 2 N–H and O–H groups in total.